The van der Waals surface area contributed by atoms with E-state index < -0.39 is 28.6 Å². The van der Waals surface area contributed by atoms with Crippen LogP contribution in [0.3, 0.4) is 0 Å². The van der Waals surface area contributed by atoms with Crippen LogP contribution >= 0.6 is 0 Å². The SMILES string of the molecule is CC1CCC23OC(=N)C(C#N)(C2C1)C(C#N)(C#N)C(C)O3. The predicted octanol–water partition coefficient (Wildman–Crippen LogP) is 2.09. The van der Waals surface area contributed by atoms with Crippen LogP contribution in [0, 0.1) is 62.1 Å². The zero-order valence-electron chi connectivity index (χ0n) is 12.0. The van der Waals surface area contributed by atoms with E-state index in [1.165, 1.54) is 0 Å². The standard InChI is InChI=1S/C15H16N4O2/c1-9-3-4-15-11(5-9)14(8-18,12(19)21-15)13(6-16,7-17)10(2)20-15/h9-11,19H,3-5H2,1-2H3. The van der Waals surface area contributed by atoms with E-state index in [9.17, 15) is 15.8 Å². The molecule has 2 aliphatic heterocycles. The number of nitrogens with one attached hydrogen (secondary N) is 1. The summed E-state index contributed by atoms with van der Waals surface area (Å²) >= 11 is 0. The fourth-order valence-corrected chi connectivity index (χ4v) is 4.29. The first-order valence-electron chi connectivity index (χ1n) is 7.12. The molecule has 0 aromatic rings. The number of nitriles is 3. The summed E-state index contributed by atoms with van der Waals surface area (Å²) in [6.45, 7) is 3.69. The van der Waals surface area contributed by atoms with Gasteiger partial charge in [0, 0.05) is 6.42 Å². The Balaban J connectivity index is 2.28. The smallest absolute Gasteiger partial charge is 0.217 e. The van der Waals surface area contributed by atoms with Crippen LogP contribution in [-0.2, 0) is 9.47 Å². The minimum Gasteiger partial charge on any atom is -0.447 e. The van der Waals surface area contributed by atoms with Gasteiger partial charge in [0.15, 0.2) is 10.8 Å². The molecule has 2 saturated heterocycles. The maximum atomic E-state index is 9.85. The molecule has 0 aromatic carbocycles. The molecular formula is C15H16N4O2. The first kappa shape index (κ1) is 13.9. The largest absolute Gasteiger partial charge is 0.447 e. The normalized spacial score (nSPS) is 46.4. The van der Waals surface area contributed by atoms with Crippen molar-refractivity contribution in [3.63, 3.8) is 0 Å². The average Bonchev–Trinajstić information content (AvgIpc) is 2.66. The first-order valence-corrected chi connectivity index (χ1v) is 7.12. The van der Waals surface area contributed by atoms with E-state index in [2.05, 4.69) is 13.0 Å². The highest BCUT2D eigenvalue weighted by Gasteiger charge is 2.79. The summed E-state index contributed by atoms with van der Waals surface area (Å²) in [5.41, 5.74) is -3.25. The number of nitrogens with zero attached hydrogens (tertiary/aromatic N) is 3. The molecule has 0 spiro atoms. The summed E-state index contributed by atoms with van der Waals surface area (Å²) in [6, 6.07) is 6.09. The second kappa shape index (κ2) is 3.97. The molecule has 0 aromatic heterocycles. The molecule has 0 radical (unpaired) electrons. The van der Waals surface area contributed by atoms with E-state index in [1.807, 2.05) is 12.1 Å². The lowest BCUT2D eigenvalue weighted by Gasteiger charge is -2.51. The van der Waals surface area contributed by atoms with Crippen molar-refractivity contribution in [3.8, 4) is 18.2 Å². The highest BCUT2D eigenvalue weighted by atomic mass is 16.7. The molecule has 3 fully saturated rings. The second-order valence-corrected chi connectivity index (χ2v) is 6.39. The lowest BCUT2D eigenvalue weighted by atomic mass is 9.51. The van der Waals surface area contributed by atoms with Crippen LogP contribution in [0.2, 0.25) is 0 Å². The van der Waals surface area contributed by atoms with E-state index in [-0.39, 0.29) is 5.90 Å². The van der Waals surface area contributed by atoms with Crippen molar-refractivity contribution in [2.45, 2.75) is 45.0 Å². The zero-order valence-corrected chi connectivity index (χ0v) is 12.0. The summed E-state index contributed by atoms with van der Waals surface area (Å²) in [7, 11) is 0. The van der Waals surface area contributed by atoms with Crippen molar-refractivity contribution in [2.75, 3.05) is 0 Å². The minimum absolute atomic E-state index is 0.281. The van der Waals surface area contributed by atoms with E-state index in [1.54, 1.807) is 6.92 Å². The molecule has 21 heavy (non-hydrogen) atoms. The Labute approximate surface area is 123 Å². The van der Waals surface area contributed by atoms with Gasteiger partial charge in [0.05, 0.1) is 30.2 Å². The predicted molar refractivity (Wildman–Crippen MR) is 70.3 cm³/mol. The average molecular weight is 284 g/mol. The second-order valence-electron chi connectivity index (χ2n) is 6.39. The Morgan fingerprint density at radius 1 is 1.19 bits per heavy atom. The van der Waals surface area contributed by atoms with E-state index in [0.717, 1.165) is 6.42 Å². The van der Waals surface area contributed by atoms with Crippen LogP contribution < -0.4 is 0 Å². The molecule has 1 saturated carbocycles. The zero-order chi connectivity index (χ0) is 15.5. The van der Waals surface area contributed by atoms with Crippen LogP contribution in [0.15, 0.2) is 0 Å². The Morgan fingerprint density at radius 3 is 2.43 bits per heavy atom. The van der Waals surface area contributed by atoms with Gasteiger partial charge in [-0.3, -0.25) is 5.41 Å². The van der Waals surface area contributed by atoms with Gasteiger partial charge >= 0.3 is 0 Å². The van der Waals surface area contributed by atoms with Gasteiger partial charge < -0.3 is 9.47 Å². The topological polar surface area (TPSA) is 114 Å². The number of ether oxygens (including phenoxy) is 2. The summed E-state index contributed by atoms with van der Waals surface area (Å²) in [6.07, 6.45) is 1.31. The number of rotatable bonds is 0. The fraction of sp³-hybridized carbons (Fsp3) is 0.733. The molecule has 2 heterocycles. The number of hydrogen-bond donors (Lipinski definition) is 1. The van der Waals surface area contributed by atoms with Crippen LogP contribution in [0.4, 0.5) is 0 Å². The first-order chi connectivity index (χ1) is 9.92. The Bertz CT molecular complexity index is 626. The maximum Gasteiger partial charge on any atom is 0.217 e. The molecule has 5 unspecified atom stereocenters. The van der Waals surface area contributed by atoms with Gasteiger partial charge in [-0.15, -0.1) is 0 Å². The monoisotopic (exact) mass is 284 g/mol. The molecule has 3 rings (SSSR count). The highest BCUT2D eigenvalue weighted by molar-refractivity contribution is 5.89. The fourth-order valence-electron chi connectivity index (χ4n) is 4.29. The van der Waals surface area contributed by atoms with Gasteiger partial charge in [-0.05, 0) is 25.7 Å². The van der Waals surface area contributed by atoms with Crippen LogP contribution in [0.1, 0.15) is 33.1 Å². The molecule has 1 N–H and O–H groups in total. The van der Waals surface area contributed by atoms with E-state index >= 15 is 0 Å². The summed E-state index contributed by atoms with van der Waals surface area (Å²) in [5, 5.41) is 37.3. The highest BCUT2D eigenvalue weighted by Crippen LogP contribution is 2.66. The van der Waals surface area contributed by atoms with Crippen molar-refractivity contribution in [3.05, 3.63) is 0 Å². The van der Waals surface area contributed by atoms with Crippen molar-refractivity contribution in [1.82, 2.24) is 0 Å². The molecule has 108 valence electrons. The number of hydrogen-bond acceptors (Lipinski definition) is 6. The summed E-state index contributed by atoms with van der Waals surface area (Å²) in [4.78, 5) is 0. The molecule has 6 heteroatoms. The third kappa shape index (κ3) is 1.26. The van der Waals surface area contributed by atoms with Crippen molar-refractivity contribution in [2.24, 2.45) is 22.7 Å². The lowest BCUT2D eigenvalue weighted by Crippen LogP contribution is -2.63. The Hall–Kier alpha value is -2.10. The van der Waals surface area contributed by atoms with Gasteiger partial charge in [0.25, 0.3) is 0 Å². The van der Waals surface area contributed by atoms with Crippen molar-refractivity contribution >= 4 is 5.90 Å². The van der Waals surface area contributed by atoms with Crippen LogP contribution in [0.25, 0.3) is 0 Å². The third-order valence-corrected chi connectivity index (χ3v) is 5.45. The lowest BCUT2D eigenvalue weighted by molar-refractivity contribution is -0.291. The maximum absolute atomic E-state index is 9.85. The van der Waals surface area contributed by atoms with E-state index in [0.29, 0.717) is 18.8 Å². The molecular weight excluding hydrogens is 268 g/mol. The molecule has 2 bridgehead atoms. The molecule has 3 aliphatic rings. The Morgan fingerprint density at radius 2 is 1.86 bits per heavy atom. The minimum atomic E-state index is -1.71. The summed E-state index contributed by atoms with van der Waals surface area (Å²) in [5.74, 6) is -1.40. The van der Waals surface area contributed by atoms with E-state index in [4.69, 9.17) is 14.9 Å². The van der Waals surface area contributed by atoms with Gasteiger partial charge in [0.1, 0.15) is 0 Å². The summed E-state index contributed by atoms with van der Waals surface area (Å²) < 4.78 is 11.6. The molecule has 1 aliphatic carbocycles. The van der Waals surface area contributed by atoms with Crippen molar-refractivity contribution in [1.29, 1.82) is 21.2 Å². The molecule has 0 amide bonds. The van der Waals surface area contributed by atoms with Crippen LogP contribution in [-0.4, -0.2) is 17.8 Å². The third-order valence-electron chi connectivity index (χ3n) is 5.45. The molecule has 5 atom stereocenters. The quantitative estimate of drug-likeness (QED) is 0.731. The van der Waals surface area contributed by atoms with Crippen molar-refractivity contribution < 1.29 is 9.47 Å². The van der Waals surface area contributed by atoms with Gasteiger partial charge in [-0.2, -0.15) is 15.8 Å². The van der Waals surface area contributed by atoms with Crippen LogP contribution in [0.5, 0.6) is 0 Å². The van der Waals surface area contributed by atoms with Gasteiger partial charge in [-0.1, -0.05) is 6.92 Å². The Kier molecular flexibility index (Phi) is 2.62. The van der Waals surface area contributed by atoms with Gasteiger partial charge in [0.2, 0.25) is 11.7 Å². The van der Waals surface area contributed by atoms with Gasteiger partial charge in [-0.25, -0.2) is 0 Å². The molecule has 6 nitrogen and oxygen atoms in total.